The summed E-state index contributed by atoms with van der Waals surface area (Å²) in [5.41, 5.74) is 0.856. The van der Waals surface area contributed by atoms with Crippen molar-refractivity contribution in [2.75, 3.05) is 37.5 Å². The highest BCUT2D eigenvalue weighted by Gasteiger charge is 2.22. The first-order valence-corrected chi connectivity index (χ1v) is 11.1. The van der Waals surface area contributed by atoms with Gasteiger partial charge < -0.3 is 19.5 Å². The number of rotatable bonds is 9. The van der Waals surface area contributed by atoms with Gasteiger partial charge in [-0.1, -0.05) is 30.3 Å². The Morgan fingerprint density at radius 3 is 2.16 bits per heavy atom. The number of hydrogen-bond acceptors (Lipinski definition) is 6. The number of hydrogen-bond donors (Lipinski definition) is 1. The minimum Gasteiger partial charge on any atom is -0.493 e. The van der Waals surface area contributed by atoms with Crippen LogP contribution in [0.4, 0.5) is 11.4 Å². The Balaban J connectivity index is 1.72. The summed E-state index contributed by atoms with van der Waals surface area (Å²) in [4.78, 5) is 12.5. The van der Waals surface area contributed by atoms with Crippen molar-refractivity contribution in [3.8, 4) is 17.2 Å². The van der Waals surface area contributed by atoms with Gasteiger partial charge in [-0.2, -0.15) is 0 Å². The van der Waals surface area contributed by atoms with Crippen LogP contribution in [0.2, 0.25) is 0 Å². The van der Waals surface area contributed by atoms with Crippen LogP contribution in [0.5, 0.6) is 17.2 Å². The van der Waals surface area contributed by atoms with Crippen LogP contribution >= 0.6 is 0 Å². The average Bonchev–Trinajstić information content (AvgIpc) is 2.82. The van der Waals surface area contributed by atoms with E-state index in [1.165, 1.54) is 37.7 Å². The maximum absolute atomic E-state index is 13.0. The molecule has 0 fully saturated rings. The molecule has 1 amide bonds. The minimum absolute atomic E-state index is 0.0500. The minimum atomic E-state index is -3.81. The van der Waals surface area contributed by atoms with Gasteiger partial charge in [-0.05, 0) is 42.5 Å². The van der Waals surface area contributed by atoms with E-state index in [-0.39, 0.29) is 11.5 Å². The number of para-hydroxylation sites is 2. The van der Waals surface area contributed by atoms with E-state index >= 15 is 0 Å². The SMILES string of the molecule is COc1cccc(OC)c1OCC(=O)Nc1cccc(S(=O)(=O)N(C)c2ccccc2)c1. The first-order chi connectivity index (χ1) is 15.4. The number of benzene rings is 3. The van der Waals surface area contributed by atoms with Gasteiger partial charge in [0.1, 0.15) is 0 Å². The maximum atomic E-state index is 13.0. The summed E-state index contributed by atoms with van der Waals surface area (Å²) in [5.74, 6) is 0.681. The second kappa shape index (κ2) is 10.1. The summed E-state index contributed by atoms with van der Waals surface area (Å²) >= 11 is 0. The lowest BCUT2D eigenvalue weighted by molar-refractivity contribution is -0.118. The third kappa shape index (κ3) is 5.12. The topological polar surface area (TPSA) is 94.2 Å². The van der Waals surface area contributed by atoms with Gasteiger partial charge in [0.15, 0.2) is 18.1 Å². The van der Waals surface area contributed by atoms with Crippen molar-refractivity contribution in [2.24, 2.45) is 0 Å². The molecule has 0 aliphatic heterocycles. The molecule has 0 heterocycles. The van der Waals surface area contributed by atoms with Gasteiger partial charge in [0.25, 0.3) is 15.9 Å². The van der Waals surface area contributed by atoms with Gasteiger partial charge in [-0.3, -0.25) is 9.10 Å². The van der Waals surface area contributed by atoms with Crippen LogP contribution in [-0.4, -0.2) is 42.2 Å². The first kappa shape index (κ1) is 23.0. The highest BCUT2D eigenvalue weighted by atomic mass is 32.2. The van der Waals surface area contributed by atoms with Gasteiger partial charge in [0, 0.05) is 12.7 Å². The number of carbonyl (C=O) groups excluding carboxylic acids is 1. The molecule has 32 heavy (non-hydrogen) atoms. The molecule has 0 unspecified atom stereocenters. The number of sulfonamides is 1. The molecule has 0 bridgehead atoms. The van der Waals surface area contributed by atoms with Crippen molar-refractivity contribution in [3.63, 3.8) is 0 Å². The Hall–Kier alpha value is -3.72. The van der Waals surface area contributed by atoms with E-state index in [2.05, 4.69) is 5.32 Å². The molecule has 0 saturated carbocycles. The van der Waals surface area contributed by atoms with Gasteiger partial charge >= 0.3 is 0 Å². The lowest BCUT2D eigenvalue weighted by Crippen LogP contribution is -2.26. The maximum Gasteiger partial charge on any atom is 0.264 e. The van der Waals surface area contributed by atoms with Crippen molar-refractivity contribution in [2.45, 2.75) is 4.90 Å². The number of nitrogens with one attached hydrogen (secondary N) is 1. The lowest BCUT2D eigenvalue weighted by Gasteiger charge is -2.20. The van der Waals surface area contributed by atoms with E-state index in [1.807, 2.05) is 6.07 Å². The van der Waals surface area contributed by atoms with Crippen LogP contribution in [0.25, 0.3) is 0 Å². The van der Waals surface area contributed by atoms with Crippen LogP contribution in [0.15, 0.2) is 77.7 Å². The summed E-state index contributed by atoms with van der Waals surface area (Å²) in [7, 11) is 0.643. The quantitative estimate of drug-likeness (QED) is 0.529. The summed E-state index contributed by atoms with van der Waals surface area (Å²) in [6.07, 6.45) is 0. The van der Waals surface area contributed by atoms with Crippen molar-refractivity contribution < 1.29 is 27.4 Å². The van der Waals surface area contributed by atoms with Crippen molar-refractivity contribution >= 4 is 27.3 Å². The third-order valence-electron chi connectivity index (χ3n) is 4.63. The summed E-state index contributed by atoms with van der Waals surface area (Å²) in [5, 5.41) is 2.65. The Bertz CT molecular complexity index is 1160. The molecule has 9 heteroatoms. The Morgan fingerprint density at radius 2 is 1.53 bits per heavy atom. The van der Waals surface area contributed by atoms with Gasteiger partial charge in [0.05, 0.1) is 24.8 Å². The smallest absolute Gasteiger partial charge is 0.264 e. The fraction of sp³-hybridized carbons (Fsp3) is 0.174. The molecule has 0 radical (unpaired) electrons. The molecule has 0 spiro atoms. The zero-order valence-electron chi connectivity index (χ0n) is 17.9. The molecule has 0 aromatic heterocycles. The van der Waals surface area contributed by atoms with Gasteiger partial charge in [-0.15, -0.1) is 0 Å². The zero-order valence-corrected chi connectivity index (χ0v) is 18.8. The second-order valence-corrected chi connectivity index (χ2v) is 8.63. The number of ether oxygens (including phenoxy) is 3. The normalized spacial score (nSPS) is 10.8. The number of methoxy groups -OCH3 is 2. The van der Waals surface area contributed by atoms with E-state index in [0.717, 1.165) is 0 Å². The molecule has 8 nitrogen and oxygen atoms in total. The Morgan fingerprint density at radius 1 is 0.906 bits per heavy atom. The van der Waals surface area contributed by atoms with Crippen LogP contribution in [0.3, 0.4) is 0 Å². The highest BCUT2D eigenvalue weighted by molar-refractivity contribution is 7.92. The van der Waals surface area contributed by atoms with Crippen LogP contribution in [-0.2, 0) is 14.8 Å². The van der Waals surface area contributed by atoms with Crippen molar-refractivity contribution in [3.05, 3.63) is 72.8 Å². The predicted molar refractivity (Wildman–Crippen MR) is 122 cm³/mol. The molecule has 0 saturated heterocycles. The number of nitrogens with zero attached hydrogens (tertiary/aromatic N) is 1. The van der Waals surface area contributed by atoms with Gasteiger partial charge in [-0.25, -0.2) is 8.42 Å². The zero-order chi connectivity index (χ0) is 23.1. The number of anilines is 2. The van der Waals surface area contributed by atoms with Crippen LogP contribution in [0, 0.1) is 0 Å². The second-order valence-electron chi connectivity index (χ2n) is 6.66. The lowest BCUT2D eigenvalue weighted by atomic mass is 10.3. The highest BCUT2D eigenvalue weighted by Crippen LogP contribution is 2.36. The summed E-state index contributed by atoms with van der Waals surface area (Å²) in [6.45, 7) is -0.322. The third-order valence-corrected chi connectivity index (χ3v) is 6.41. The molecule has 0 atom stereocenters. The van der Waals surface area contributed by atoms with E-state index < -0.39 is 15.9 Å². The fourth-order valence-corrected chi connectivity index (χ4v) is 4.21. The van der Waals surface area contributed by atoms with Crippen molar-refractivity contribution in [1.29, 1.82) is 0 Å². The van der Waals surface area contributed by atoms with Crippen LogP contribution < -0.4 is 23.8 Å². The molecule has 168 valence electrons. The molecule has 0 aliphatic rings. The molecule has 3 aromatic carbocycles. The van der Waals surface area contributed by atoms with E-state index in [9.17, 15) is 13.2 Å². The monoisotopic (exact) mass is 456 g/mol. The first-order valence-electron chi connectivity index (χ1n) is 9.64. The molecular weight excluding hydrogens is 432 g/mol. The summed E-state index contributed by atoms with van der Waals surface area (Å²) < 4.78 is 43.2. The molecule has 0 aliphatic carbocycles. The van der Waals surface area contributed by atoms with Crippen LogP contribution in [0.1, 0.15) is 0 Å². The summed E-state index contributed by atoms with van der Waals surface area (Å²) in [6, 6.07) is 19.9. The molecule has 1 N–H and O–H groups in total. The number of carbonyl (C=O) groups is 1. The Labute approximate surface area is 187 Å². The number of amides is 1. The van der Waals surface area contributed by atoms with Gasteiger partial charge in [0.2, 0.25) is 5.75 Å². The van der Waals surface area contributed by atoms with E-state index in [1.54, 1.807) is 54.6 Å². The van der Waals surface area contributed by atoms with E-state index in [4.69, 9.17) is 14.2 Å². The fourth-order valence-electron chi connectivity index (χ4n) is 2.96. The molecular formula is C23H24N2O6S. The standard InChI is InChI=1S/C23H24N2O6S/c1-25(18-10-5-4-6-11-18)32(27,28)19-12-7-9-17(15-19)24-22(26)16-31-23-20(29-2)13-8-14-21(23)30-3/h4-15H,16H2,1-3H3,(H,24,26). The molecule has 3 rings (SSSR count). The van der Waals surface area contributed by atoms with Crippen molar-refractivity contribution in [1.82, 2.24) is 0 Å². The Kier molecular flexibility index (Phi) is 7.21. The van der Waals surface area contributed by atoms with E-state index in [0.29, 0.717) is 28.6 Å². The largest absolute Gasteiger partial charge is 0.493 e. The predicted octanol–water partition coefficient (Wildman–Crippen LogP) is 3.55. The molecule has 3 aromatic rings. The average molecular weight is 457 g/mol.